The van der Waals surface area contributed by atoms with Gasteiger partial charge in [-0.3, -0.25) is 4.79 Å². The van der Waals surface area contributed by atoms with Crippen molar-refractivity contribution in [3.05, 3.63) is 59.9 Å². The number of hydrazone groups is 1. The monoisotopic (exact) mass is 377 g/mol. The Labute approximate surface area is 154 Å². The quantitative estimate of drug-likeness (QED) is 0.380. The van der Waals surface area contributed by atoms with Crippen molar-refractivity contribution in [2.75, 3.05) is 0 Å². The first kappa shape index (κ1) is 21.5. The molecule has 140 valence electrons. The van der Waals surface area contributed by atoms with Gasteiger partial charge < -0.3 is 4.55 Å². The summed E-state index contributed by atoms with van der Waals surface area (Å²) in [5, 5.41) is 3.84. The van der Waals surface area contributed by atoms with Gasteiger partial charge in [-0.05, 0) is 31.0 Å². The first-order chi connectivity index (χ1) is 12.1. The van der Waals surface area contributed by atoms with Gasteiger partial charge >= 0.3 is 0 Å². The van der Waals surface area contributed by atoms with Crippen molar-refractivity contribution < 1.29 is 22.3 Å². The van der Waals surface area contributed by atoms with Crippen molar-refractivity contribution in [2.45, 2.75) is 25.7 Å². The van der Waals surface area contributed by atoms with Crippen molar-refractivity contribution in [2.24, 2.45) is 18.1 Å². The van der Waals surface area contributed by atoms with Crippen LogP contribution in [0.3, 0.4) is 0 Å². The molecule has 1 aromatic carbocycles. The number of hydrogen-bond donors (Lipinski definition) is 1. The van der Waals surface area contributed by atoms with Crippen LogP contribution in [0.4, 0.5) is 0 Å². The number of amides is 1. The maximum atomic E-state index is 11.5. The Balaban J connectivity index is 0.000000273. The zero-order valence-corrected chi connectivity index (χ0v) is 16.0. The van der Waals surface area contributed by atoms with E-state index in [0.717, 1.165) is 5.56 Å². The lowest BCUT2D eigenvalue weighted by molar-refractivity contribution is -0.671. The summed E-state index contributed by atoms with van der Waals surface area (Å²) in [6.45, 7) is 5.82. The van der Waals surface area contributed by atoms with Gasteiger partial charge in [0.05, 0.1) is 4.90 Å². The van der Waals surface area contributed by atoms with E-state index in [0.29, 0.717) is 11.5 Å². The number of nitrogens with zero attached hydrogens (tertiary/aromatic N) is 2. The smallest absolute Gasteiger partial charge is 0.277 e. The third kappa shape index (κ3) is 8.00. The van der Waals surface area contributed by atoms with Crippen LogP contribution in [0.1, 0.15) is 29.8 Å². The summed E-state index contributed by atoms with van der Waals surface area (Å²) in [5.41, 5.74) is 4.00. The standard InChI is InChI=1S/C11H15N3O.C7H8O3S/c1-9(2)7-12-13-11(15)10-5-4-6-14(3)8-10;1-6-2-4-7(5-3-6)11(8,9)10/h4-9H,1-3H3;2-5H,1H3,(H,8,9,10)/b12-7-;. The van der Waals surface area contributed by atoms with Crippen LogP contribution in [0.5, 0.6) is 0 Å². The van der Waals surface area contributed by atoms with E-state index < -0.39 is 10.1 Å². The number of hydrogen-bond acceptors (Lipinski definition) is 5. The third-order valence-corrected chi connectivity index (χ3v) is 3.90. The van der Waals surface area contributed by atoms with Crippen molar-refractivity contribution in [3.8, 4) is 0 Å². The van der Waals surface area contributed by atoms with E-state index in [4.69, 9.17) is 0 Å². The zero-order chi connectivity index (χ0) is 19.7. The molecule has 0 atom stereocenters. The van der Waals surface area contributed by atoms with Crippen molar-refractivity contribution >= 4 is 22.2 Å². The highest BCUT2D eigenvalue weighted by Crippen LogP contribution is 2.08. The number of benzene rings is 1. The Bertz CT molecular complexity index is 860. The summed E-state index contributed by atoms with van der Waals surface area (Å²) in [5.74, 6) is 0.139. The SMILES string of the molecule is CC(C)/C=N\NC(=O)c1ccc[n+](C)c1.Cc1ccc(S(=O)(=O)[O-])cc1. The summed E-state index contributed by atoms with van der Waals surface area (Å²) >= 11 is 0. The molecule has 0 aliphatic heterocycles. The minimum Gasteiger partial charge on any atom is -0.744 e. The number of aromatic nitrogens is 1. The molecule has 8 heteroatoms. The maximum Gasteiger partial charge on any atom is 0.277 e. The first-order valence-corrected chi connectivity index (χ1v) is 9.32. The average molecular weight is 377 g/mol. The van der Waals surface area contributed by atoms with E-state index in [2.05, 4.69) is 10.5 Å². The van der Waals surface area contributed by atoms with Gasteiger partial charge in [-0.2, -0.15) is 5.10 Å². The zero-order valence-electron chi connectivity index (χ0n) is 15.2. The lowest BCUT2D eigenvalue weighted by Gasteiger charge is -2.05. The molecule has 0 fully saturated rings. The number of aryl methyl sites for hydroxylation is 2. The molecule has 0 saturated carbocycles. The summed E-state index contributed by atoms with van der Waals surface area (Å²) in [6.07, 6.45) is 5.31. The second-order valence-corrected chi connectivity index (χ2v) is 7.37. The van der Waals surface area contributed by atoms with Crippen molar-refractivity contribution in [1.82, 2.24) is 5.43 Å². The Hall–Kier alpha value is -2.58. The molecule has 0 saturated heterocycles. The van der Waals surface area contributed by atoms with Gasteiger partial charge in [-0.1, -0.05) is 31.5 Å². The lowest BCUT2D eigenvalue weighted by Crippen LogP contribution is -2.29. The van der Waals surface area contributed by atoms with Gasteiger partial charge in [0.25, 0.3) is 5.91 Å². The molecule has 1 N–H and O–H groups in total. The molecule has 0 unspecified atom stereocenters. The molecule has 0 radical (unpaired) electrons. The van der Waals surface area contributed by atoms with Gasteiger partial charge in [0.1, 0.15) is 22.7 Å². The largest absolute Gasteiger partial charge is 0.744 e. The van der Waals surface area contributed by atoms with Crippen LogP contribution in [0.2, 0.25) is 0 Å². The third-order valence-electron chi connectivity index (χ3n) is 3.05. The molecular formula is C18H23N3O4S. The second kappa shape index (κ2) is 9.79. The summed E-state index contributed by atoms with van der Waals surface area (Å²) in [6, 6.07) is 9.35. The Morgan fingerprint density at radius 1 is 1.23 bits per heavy atom. The molecule has 1 amide bonds. The highest BCUT2D eigenvalue weighted by molar-refractivity contribution is 7.85. The van der Waals surface area contributed by atoms with E-state index >= 15 is 0 Å². The Morgan fingerprint density at radius 3 is 2.35 bits per heavy atom. The first-order valence-electron chi connectivity index (χ1n) is 7.91. The van der Waals surface area contributed by atoms with E-state index in [1.165, 1.54) is 12.1 Å². The molecule has 26 heavy (non-hydrogen) atoms. The molecule has 0 aliphatic rings. The highest BCUT2D eigenvalue weighted by Gasteiger charge is 2.07. The van der Waals surface area contributed by atoms with Gasteiger partial charge in [-0.15, -0.1) is 0 Å². The van der Waals surface area contributed by atoms with Gasteiger partial charge in [0.15, 0.2) is 12.4 Å². The van der Waals surface area contributed by atoms with Gasteiger partial charge in [0.2, 0.25) is 0 Å². The van der Waals surface area contributed by atoms with Gasteiger partial charge in [0, 0.05) is 12.3 Å². The Morgan fingerprint density at radius 2 is 1.85 bits per heavy atom. The molecule has 1 aromatic heterocycles. The molecule has 2 aromatic rings. The molecule has 0 aliphatic carbocycles. The normalized spacial score (nSPS) is 11.2. The number of rotatable bonds is 4. The second-order valence-electron chi connectivity index (χ2n) is 5.99. The van der Waals surface area contributed by atoms with E-state index in [1.54, 1.807) is 30.6 Å². The summed E-state index contributed by atoms with van der Waals surface area (Å²) in [7, 11) is -2.40. The van der Waals surface area contributed by atoms with E-state index in [1.807, 2.05) is 44.6 Å². The van der Waals surface area contributed by atoms with Crippen LogP contribution in [-0.4, -0.2) is 25.1 Å². The van der Waals surface area contributed by atoms with E-state index in [9.17, 15) is 17.8 Å². The summed E-state index contributed by atoms with van der Waals surface area (Å²) < 4.78 is 33.0. The predicted octanol–water partition coefficient (Wildman–Crippen LogP) is 1.78. The van der Waals surface area contributed by atoms with Crippen LogP contribution in [0, 0.1) is 12.8 Å². The average Bonchev–Trinajstić information content (AvgIpc) is 2.54. The minimum absolute atomic E-state index is 0.178. The fraction of sp³-hybridized carbons (Fsp3) is 0.278. The van der Waals surface area contributed by atoms with Crippen LogP contribution >= 0.6 is 0 Å². The number of pyridine rings is 1. The fourth-order valence-electron chi connectivity index (χ4n) is 1.74. The summed E-state index contributed by atoms with van der Waals surface area (Å²) in [4.78, 5) is 11.4. The number of carbonyl (C=O) groups is 1. The number of nitrogens with one attached hydrogen (secondary N) is 1. The van der Waals surface area contributed by atoms with Crippen LogP contribution < -0.4 is 9.99 Å². The molecular weight excluding hydrogens is 354 g/mol. The maximum absolute atomic E-state index is 11.5. The molecule has 7 nitrogen and oxygen atoms in total. The number of carbonyl (C=O) groups excluding carboxylic acids is 1. The van der Waals surface area contributed by atoms with Crippen LogP contribution in [0.15, 0.2) is 58.8 Å². The fourth-order valence-corrected chi connectivity index (χ4v) is 2.21. The highest BCUT2D eigenvalue weighted by atomic mass is 32.2. The van der Waals surface area contributed by atoms with Crippen LogP contribution in [0.25, 0.3) is 0 Å². The molecule has 1 heterocycles. The molecule has 2 rings (SSSR count). The lowest BCUT2D eigenvalue weighted by atomic mass is 10.2. The van der Waals surface area contributed by atoms with Crippen molar-refractivity contribution in [3.63, 3.8) is 0 Å². The molecule has 0 bridgehead atoms. The Kier molecular flexibility index (Phi) is 8.08. The van der Waals surface area contributed by atoms with E-state index in [-0.39, 0.29) is 10.8 Å². The van der Waals surface area contributed by atoms with Crippen LogP contribution in [-0.2, 0) is 17.2 Å². The minimum atomic E-state index is -4.27. The predicted molar refractivity (Wildman–Crippen MR) is 97.6 cm³/mol. The molecule has 0 spiro atoms. The topological polar surface area (TPSA) is 103 Å². The van der Waals surface area contributed by atoms with Crippen molar-refractivity contribution in [1.29, 1.82) is 0 Å². The van der Waals surface area contributed by atoms with Gasteiger partial charge in [-0.25, -0.2) is 18.4 Å².